The highest BCUT2D eigenvalue weighted by molar-refractivity contribution is 6.35. The Labute approximate surface area is 132 Å². The van der Waals surface area contributed by atoms with Crippen molar-refractivity contribution in [2.75, 3.05) is 0 Å². The van der Waals surface area contributed by atoms with Crippen LogP contribution in [0, 0.1) is 0 Å². The first-order valence-electron chi connectivity index (χ1n) is 6.39. The molecule has 0 aliphatic rings. The zero-order valence-corrected chi connectivity index (χ0v) is 12.5. The topological polar surface area (TPSA) is 48.1 Å². The van der Waals surface area contributed by atoms with Gasteiger partial charge in [0.1, 0.15) is 11.5 Å². The van der Waals surface area contributed by atoms with Gasteiger partial charge in [-0.1, -0.05) is 35.3 Å². The van der Waals surface area contributed by atoms with Gasteiger partial charge in [-0.25, -0.2) is 0 Å². The smallest absolute Gasteiger partial charge is 0.146 e. The summed E-state index contributed by atoms with van der Waals surface area (Å²) in [6, 6.07) is 14.7. The van der Waals surface area contributed by atoms with E-state index in [9.17, 15) is 0 Å². The predicted octanol–water partition coefficient (Wildman–Crippen LogP) is 4.79. The van der Waals surface area contributed by atoms with Gasteiger partial charge in [-0.05, 0) is 30.3 Å². The van der Waals surface area contributed by atoms with Crippen LogP contribution in [0.3, 0.4) is 0 Å². The maximum atomic E-state index is 6.15. The van der Waals surface area contributed by atoms with Crippen molar-refractivity contribution in [3.63, 3.8) is 0 Å². The van der Waals surface area contributed by atoms with Crippen LogP contribution in [0.2, 0.25) is 10.0 Å². The van der Waals surface area contributed by atoms with E-state index >= 15 is 0 Å². The molecule has 0 unspecified atom stereocenters. The molecule has 0 aliphatic heterocycles. The molecule has 0 radical (unpaired) electrons. The molecule has 1 heterocycles. The van der Waals surface area contributed by atoms with E-state index in [2.05, 4.69) is 4.98 Å². The SMILES string of the molecule is NCc1cc(Oc2ccc(Cl)cc2Cl)c2ccccc2n1. The first-order valence-corrected chi connectivity index (χ1v) is 7.14. The number of hydrogen-bond donors (Lipinski definition) is 1. The highest BCUT2D eigenvalue weighted by Gasteiger charge is 2.09. The minimum Gasteiger partial charge on any atom is -0.455 e. The molecule has 21 heavy (non-hydrogen) atoms. The van der Waals surface area contributed by atoms with Crippen LogP contribution < -0.4 is 10.5 Å². The van der Waals surface area contributed by atoms with Crippen LogP contribution in [0.1, 0.15) is 5.69 Å². The number of aromatic nitrogens is 1. The molecule has 3 aromatic rings. The quantitative estimate of drug-likeness (QED) is 0.755. The molecule has 2 aromatic carbocycles. The number of fused-ring (bicyclic) bond motifs is 1. The Kier molecular flexibility index (Phi) is 3.97. The van der Waals surface area contributed by atoms with E-state index in [0.29, 0.717) is 28.1 Å². The number of para-hydroxylation sites is 1. The third kappa shape index (κ3) is 2.95. The second kappa shape index (κ2) is 5.90. The van der Waals surface area contributed by atoms with Crippen LogP contribution in [0.5, 0.6) is 11.5 Å². The van der Waals surface area contributed by atoms with Gasteiger partial charge in [0.05, 0.1) is 16.2 Å². The van der Waals surface area contributed by atoms with E-state index in [4.69, 9.17) is 33.7 Å². The number of halogens is 2. The lowest BCUT2D eigenvalue weighted by Crippen LogP contribution is -2.00. The van der Waals surface area contributed by atoms with Gasteiger partial charge in [-0.3, -0.25) is 4.98 Å². The minimum absolute atomic E-state index is 0.343. The fraction of sp³-hybridized carbons (Fsp3) is 0.0625. The van der Waals surface area contributed by atoms with Crippen molar-refractivity contribution in [3.8, 4) is 11.5 Å². The van der Waals surface area contributed by atoms with E-state index < -0.39 is 0 Å². The zero-order valence-electron chi connectivity index (χ0n) is 11.0. The van der Waals surface area contributed by atoms with E-state index in [1.807, 2.05) is 30.3 Å². The summed E-state index contributed by atoms with van der Waals surface area (Å²) in [5, 5.41) is 1.92. The molecular formula is C16H12Cl2N2O. The lowest BCUT2D eigenvalue weighted by molar-refractivity contribution is 0.487. The van der Waals surface area contributed by atoms with Crippen molar-refractivity contribution in [1.29, 1.82) is 0 Å². The van der Waals surface area contributed by atoms with Gasteiger partial charge in [0.2, 0.25) is 0 Å². The lowest BCUT2D eigenvalue weighted by atomic mass is 10.2. The molecule has 0 bridgehead atoms. The van der Waals surface area contributed by atoms with Crippen LogP contribution in [0.15, 0.2) is 48.5 Å². The highest BCUT2D eigenvalue weighted by Crippen LogP contribution is 2.35. The van der Waals surface area contributed by atoms with Crippen molar-refractivity contribution >= 4 is 34.1 Å². The Bertz CT molecular complexity index is 805. The molecular weight excluding hydrogens is 307 g/mol. The van der Waals surface area contributed by atoms with Gasteiger partial charge in [-0.15, -0.1) is 0 Å². The number of nitrogens with zero attached hydrogens (tertiary/aromatic N) is 1. The molecule has 1 aromatic heterocycles. The summed E-state index contributed by atoms with van der Waals surface area (Å²) in [6.07, 6.45) is 0. The number of benzene rings is 2. The Morgan fingerprint density at radius 2 is 1.81 bits per heavy atom. The normalized spacial score (nSPS) is 10.8. The molecule has 0 spiro atoms. The first-order chi connectivity index (χ1) is 10.2. The highest BCUT2D eigenvalue weighted by atomic mass is 35.5. The molecule has 3 nitrogen and oxygen atoms in total. The number of pyridine rings is 1. The molecule has 0 amide bonds. The van der Waals surface area contributed by atoms with E-state index in [-0.39, 0.29) is 0 Å². The molecule has 3 rings (SSSR count). The third-order valence-electron chi connectivity index (χ3n) is 3.05. The Morgan fingerprint density at radius 3 is 2.57 bits per heavy atom. The summed E-state index contributed by atoms with van der Waals surface area (Å²) >= 11 is 12.1. The molecule has 0 atom stereocenters. The zero-order chi connectivity index (χ0) is 14.8. The van der Waals surface area contributed by atoms with Crippen LogP contribution in [-0.2, 0) is 6.54 Å². The summed E-state index contributed by atoms with van der Waals surface area (Å²) in [7, 11) is 0. The summed E-state index contributed by atoms with van der Waals surface area (Å²) < 4.78 is 5.93. The van der Waals surface area contributed by atoms with Crippen molar-refractivity contribution < 1.29 is 4.74 Å². The van der Waals surface area contributed by atoms with Crippen LogP contribution in [-0.4, -0.2) is 4.98 Å². The summed E-state index contributed by atoms with van der Waals surface area (Å²) in [5.41, 5.74) is 7.28. The van der Waals surface area contributed by atoms with Gasteiger partial charge in [-0.2, -0.15) is 0 Å². The number of ether oxygens (including phenoxy) is 1. The number of rotatable bonds is 3. The fourth-order valence-corrected chi connectivity index (χ4v) is 2.51. The fourth-order valence-electron chi connectivity index (χ4n) is 2.06. The van der Waals surface area contributed by atoms with E-state index in [1.54, 1.807) is 18.2 Å². The number of hydrogen-bond acceptors (Lipinski definition) is 3. The molecule has 106 valence electrons. The van der Waals surface area contributed by atoms with Crippen LogP contribution in [0.25, 0.3) is 10.9 Å². The molecule has 0 aliphatic carbocycles. The first kappa shape index (κ1) is 14.1. The van der Waals surface area contributed by atoms with Gasteiger partial charge >= 0.3 is 0 Å². The molecule has 5 heteroatoms. The molecule has 0 saturated carbocycles. The van der Waals surface area contributed by atoms with Crippen molar-refractivity contribution in [2.24, 2.45) is 5.73 Å². The average Bonchev–Trinajstić information content (AvgIpc) is 2.49. The maximum Gasteiger partial charge on any atom is 0.146 e. The molecule has 0 saturated heterocycles. The number of nitrogens with two attached hydrogens (primary N) is 1. The van der Waals surface area contributed by atoms with Crippen molar-refractivity contribution in [2.45, 2.75) is 6.54 Å². The van der Waals surface area contributed by atoms with Crippen LogP contribution >= 0.6 is 23.2 Å². The van der Waals surface area contributed by atoms with Gasteiger partial charge in [0.15, 0.2) is 0 Å². The largest absolute Gasteiger partial charge is 0.455 e. The Balaban J connectivity index is 2.10. The van der Waals surface area contributed by atoms with E-state index in [0.717, 1.165) is 16.6 Å². The van der Waals surface area contributed by atoms with Crippen molar-refractivity contribution in [3.05, 3.63) is 64.3 Å². The second-order valence-corrected chi connectivity index (χ2v) is 5.35. The minimum atomic E-state index is 0.343. The average molecular weight is 319 g/mol. The molecule has 0 fully saturated rings. The van der Waals surface area contributed by atoms with E-state index in [1.165, 1.54) is 0 Å². The standard InChI is InChI=1S/C16H12Cl2N2O/c17-10-5-6-15(13(18)7-10)21-16-8-11(9-19)20-14-4-2-1-3-12(14)16/h1-8H,9,19H2. The van der Waals surface area contributed by atoms with Gasteiger partial charge < -0.3 is 10.5 Å². The lowest BCUT2D eigenvalue weighted by Gasteiger charge is -2.11. The van der Waals surface area contributed by atoms with Gasteiger partial charge in [0.25, 0.3) is 0 Å². The monoisotopic (exact) mass is 318 g/mol. The Hall–Kier alpha value is -1.81. The van der Waals surface area contributed by atoms with Crippen LogP contribution in [0.4, 0.5) is 0 Å². The summed E-state index contributed by atoms with van der Waals surface area (Å²) in [4.78, 5) is 4.47. The molecule has 2 N–H and O–H groups in total. The summed E-state index contributed by atoms with van der Waals surface area (Å²) in [6.45, 7) is 0.343. The third-order valence-corrected chi connectivity index (χ3v) is 3.58. The van der Waals surface area contributed by atoms with Crippen molar-refractivity contribution in [1.82, 2.24) is 4.98 Å². The Morgan fingerprint density at radius 1 is 1.00 bits per heavy atom. The summed E-state index contributed by atoms with van der Waals surface area (Å²) in [5.74, 6) is 1.21. The van der Waals surface area contributed by atoms with Gasteiger partial charge in [0, 0.05) is 23.0 Å². The predicted molar refractivity (Wildman–Crippen MR) is 86.2 cm³/mol. The second-order valence-electron chi connectivity index (χ2n) is 4.51. The maximum absolute atomic E-state index is 6.15.